The molecule has 0 spiro atoms. The Hall–Kier alpha value is -3.91. The summed E-state index contributed by atoms with van der Waals surface area (Å²) >= 11 is 1.34. The number of ketones is 1. The van der Waals surface area contributed by atoms with Gasteiger partial charge >= 0.3 is 0 Å². The zero-order valence-corrected chi connectivity index (χ0v) is 20.2. The number of nitrogens with zero attached hydrogens (tertiary/aromatic N) is 2. The van der Waals surface area contributed by atoms with Crippen LogP contribution in [0.15, 0.2) is 76.6 Å². The van der Waals surface area contributed by atoms with Crippen molar-refractivity contribution in [2.45, 2.75) is 32.7 Å². The number of rotatable bonds is 8. The van der Waals surface area contributed by atoms with Gasteiger partial charge < -0.3 is 14.3 Å². The Morgan fingerprint density at radius 3 is 2.71 bits per heavy atom. The fourth-order valence-electron chi connectivity index (χ4n) is 4.09. The van der Waals surface area contributed by atoms with Crippen LogP contribution in [0.2, 0.25) is 0 Å². The first-order valence-corrected chi connectivity index (χ1v) is 12.2. The molecule has 0 saturated carbocycles. The number of hydrogen-bond acceptors (Lipinski definition) is 7. The molecule has 1 unspecified atom stereocenters. The zero-order chi connectivity index (χ0) is 24.5. The third-order valence-corrected chi connectivity index (χ3v) is 6.92. The topological polar surface area (TPSA) is 92.9 Å². The second kappa shape index (κ2) is 9.38. The van der Waals surface area contributed by atoms with E-state index >= 15 is 0 Å². The van der Waals surface area contributed by atoms with Crippen LogP contribution in [0.1, 0.15) is 47.5 Å². The molecule has 0 saturated heterocycles. The van der Waals surface area contributed by atoms with Crippen molar-refractivity contribution >= 4 is 38.4 Å². The van der Waals surface area contributed by atoms with E-state index in [1.165, 1.54) is 28.6 Å². The number of anilines is 1. The van der Waals surface area contributed by atoms with Gasteiger partial charge in [0, 0.05) is 0 Å². The minimum atomic E-state index is -0.869. The van der Waals surface area contributed by atoms with E-state index in [1.54, 1.807) is 30.3 Å². The number of aliphatic hydroxyl groups excluding tert-OH is 1. The van der Waals surface area contributed by atoms with E-state index in [2.05, 4.69) is 11.9 Å². The van der Waals surface area contributed by atoms with Gasteiger partial charge in [-0.1, -0.05) is 42.9 Å². The summed E-state index contributed by atoms with van der Waals surface area (Å²) in [6, 6.07) is 15.3. The standard InChI is InChI=1S/C27H24N2O5S/c1-3-4-13-33-18-10-8-17(9-11-18)23-22(24(30)20-6-5-14-34-20)25(31)26(32)29(23)27-28-19-12-7-16(2)15-21(19)35-27/h5-12,14-15,23,31H,3-4,13H2,1-2H3. The number of aromatic nitrogens is 1. The Morgan fingerprint density at radius 2 is 2.00 bits per heavy atom. The minimum Gasteiger partial charge on any atom is -0.503 e. The molecule has 2 aromatic heterocycles. The number of ether oxygens (including phenoxy) is 1. The average molecular weight is 489 g/mol. The maximum atomic E-state index is 13.4. The maximum Gasteiger partial charge on any atom is 0.296 e. The van der Waals surface area contributed by atoms with E-state index in [0.29, 0.717) is 23.1 Å². The molecule has 1 atom stereocenters. The molecule has 7 nitrogen and oxygen atoms in total. The molecule has 8 heteroatoms. The zero-order valence-electron chi connectivity index (χ0n) is 19.4. The average Bonchev–Trinajstić information content (AvgIpc) is 3.58. The Morgan fingerprint density at radius 1 is 1.20 bits per heavy atom. The van der Waals surface area contributed by atoms with Gasteiger partial charge in [-0.2, -0.15) is 0 Å². The van der Waals surface area contributed by atoms with Crippen LogP contribution in [-0.4, -0.2) is 28.4 Å². The molecule has 1 N–H and O–H groups in total. The van der Waals surface area contributed by atoms with Crippen molar-refractivity contribution in [1.29, 1.82) is 0 Å². The first-order valence-electron chi connectivity index (χ1n) is 11.4. The van der Waals surface area contributed by atoms with Crippen LogP contribution in [0.4, 0.5) is 5.13 Å². The first-order chi connectivity index (χ1) is 17.0. The molecule has 1 amide bonds. The number of carbonyl (C=O) groups is 2. The molecule has 4 aromatic rings. The number of carbonyl (C=O) groups excluding carboxylic acids is 2. The number of aryl methyl sites for hydroxylation is 1. The molecule has 0 radical (unpaired) electrons. The van der Waals surface area contributed by atoms with Crippen molar-refractivity contribution in [3.8, 4) is 5.75 Å². The van der Waals surface area contributed by atoms with Gasteiger partial charge in [0.25, 0.3) is 5.91 Å². The number of benzene rings is 2. The SMILES string of the molecule is CCCCOc1ccc(C2C(C(=O)c3ccco3)=C(O)C(=O)N2c2nc3ccc(C)cc3s2)cc1. The van der Waals surface area contributed by atoms with Crippen molar-refractivity contribution in [2.75, 3.05) is 11.5 Å². The van der Waals surface area contributed by atoms with E-state index in [9.17, 15) is 14.7 Å². The second-order valence-electron chi connectivity index (χ2n) is 8.39. The van der Waals surface area contributed by atoms with Crippen LogP contribution >= 0.6 is 11.3 Å². The minimum absolute atomic E-state index is 0.0416. The summed E-state index contributed by atoms with van der Waals surface area (Å²) in [5.74, 6) is -1.08. The highest BCUT2D eigenvalue weighted by molar-refractivity contribution is 7.22. The normalized spacial score (nSPS) is 15.9. The van der Waals surface area contributed by atoms with Gasteiger partial charge in [0.05, 0.1) is 34.7 Å². The van der Waals surface area contributed by atoms with Gasteiger partial charge in [0.15, 0.2) is 16.7 Å². The number of aliphatic hydroxyl groups is 1. The van der Waals surface area contributed by atoms with Crippen molar-refractivity contribution in [3.05, 3.63) is 89.1 Å². The van der Waals surface area contributed by atoms with E-state index in [-0.39, 0.29) is 11.3 Å². The Balaban J connectivity index is 1.59. The lowest BCUT2D eigenvalue weighted by molar-refractivity contribution is -0.117. The molecule has 3 heterocycles. The molecular weight excluding hydrogens is 464 g/mol. The van der Waals surface area contributed by atoms with Crippen LogP contribution in [0.3, 0.4) is 0 Å². The Labute approximate surface area is 206 Å². The summed E-state index contributed by atoms with van der Waals surface area (Å²) in [6.07, 6.45) is 3.36. The number of unbranched alkanes of at least 4 members (excludes halogenated alkanes) is 1. The third-order valence-electron chi connectivity index (χ3n) is 5.90. The predicted octanol–water partition coefficient (Wildman–Crippen LogP) is 6.16. The molecule has 1 aliphatic heterocycles. The quantitative estimate of drug-likeness (QED) is 0.236. The van der Waals surface area contributed by atoms with Crippen molar-refractivity contribution in [3.63, 3.8) is 0 Å². The van der Waals surface area contributed by atoms with Crippen molar-refractivity contribution in [1.82, 2.24) is 4.98 Å². The summed E-state index contributed by atoms with van der Waals surface area (Å²) in [4.78, 5) is 32.7. The van der Waals surface area contributed by atoms with E-state index in [1.807, 2.05) is 25.1 Å². The Kier molecular flexibility index (Phi) is 6.13. The number of amides is 1. The summed E-state index contributed by atoms with van der Waals surface area (Å²) in [7, 11) is 0. The largest absolute Gasteiger partial charge is 0.503 e. The van der Waals surface area contributed by atoms with Gasteiger partial charge in [0.2, 0.25) is 5.78 Å². The number of Topliss-reactive ketones (excluding diaryl/α,β-unsaturated/α-hetero) is 1. The van der Waals surface area contributed by atoms with E-state index < -0.39 is 23.5 Å². The predicted molar refractivity (Wildman–Crippen MR) is 134 cm³/mol. The second-order valence-corrected chi connectivity index (χ2v) is 9.39. The van der Waals surface area contributed by atoms with Crippen LogP contribution in [0.25, 0.3) is 10.2 Å². The fraction of sp³-hybridized carbons (Fsp3) is 0.222. The van der Waals surface area contributed by atoms with Gasteiger partial charge in [0.1, 0.15) is 5.75 Å². The van der Waals surface area contributed by atoms with E-state index in [0.717, 1.165) is 28.6 Å². The number of hydrogen-bond donors (Lipinski definition) is 1. The van der Waals surface area contributed by atoms with Crippen molar-refractivity contribution in [2.24, 2.45) is 0 Å². The van der Waals surface area contributed by atoms with Crippen LogP contribution < -0.4 is 9.64 Å². The molecular formula is C27H24N2O5S. The summed E-state index contributed by atoms with van der Waals surface area (Å²) < 4.78 is 12.0. The summed E-state index contributed by atoms with van der Waals surface area (Å²) in [5, 5.41) is 11.3. The molecule has 2 aromatic carbocycles. The lowest BCUT2D eigenvalue weighted by Crippen LogP contribution is -2.30. The molecule has 0 bridgehead atoms. The van der Waals surface area contributed by atoms with Crippen LogP contribution in [0.5, 0.6) is 5.75 Å². The number of thiazole rings is 1. The lowest BCUT2D eigenvalue weighted by atomic mass is 9.95. The highest BCUT2D eigenvalue weighted by atomic mass is 32.1. The van der Waals surface area contributed by atoms with Crippen LogP contribution in [0, 0.1) is 6.92 Å². The molecule has 5 rings (SSSR count). The molecule has 0 fully saturated rings. The summed E-state index contributed by atoms with van der Waals surface area (Å²) in [6.45, 7) is 4.69. The van der Waals surface area contributed by atoms with Gasteiger partial charge in [-0.15, -0.1) is 0 Å². The number of fused-ring (bicyclic) bond motifs is 1. The van der Waals surface area contributed by atoms with Crippen molar-refractivity contribution < 1.29 is 23.8 Å². The number of furan rings is 1. The van der Waals surface area contributed by atoms with Gasteiger partial charge in [-0.25, -0.2) is 4.98 Å². The molecule has 178 valence electrons. The monoisotopic (exact) mass is 488 g/mol. The summed E-state index contributed by atoms with van der Waals surface area (Å²) in [5.41, 5.74) is 2.42. The fourth-order valence-corrected chi connectivity index (χ4v) is 5.18. The van der Waals surface area contributed by atoms with E-state index in [4.69, 9.17) is 9.15 Å². The maximum absolute atomic E-state index is 13.4. The Bertz CT molecular complexity index is 1420. The first kappa shape index (κ1) is 22.9. The highest BCUT2D eigenvalue weighted by Gasteiger charge is 2.46. The third kappa shape index (κ3) is 4.21. The lowest BCUT2D eigenvalue weighted by Gasteiger charge is -2.24. The highest BCUT2D eigenvalue weighted by Crippen LogP contribution is 2.44. The van der Waals surface area contributed by atoms with Gasteiger partial charge in [-0.05, 0) is 60.9 Å². The molecule has 1 aliphatic rings. The van der Waals surface area contributed by atoms with Crippen LogP contribution in [-0.2, 0) is 4.79 Å². The van der Waals surface area contributed by atoms with Gasteiger partial charge in [-0.3, -0.25) is 14.5 Å². The molecule has 35 heavy (non-hydrogen) atoms. The molecule has 0 aliphatic carbocycles. The smallest absolute Gasteiger partial charge is 0.296 e.